The molecule has 0 bridgehead atoms. The summed E-state index contributed by atoms with van der Waals surface area (Å²) in [4.78, 5) is 12.8. The highest BCUT2D eigenvalue weighted by Crippen LogP contribution is 2.21. The lowest BCUT2D eigenvalue weighted by Gasteiger charge is -2.14. The van der Waals surface area contributed by atoms with Crippen LogP contribution in [0.3, 0.4) is 0 Å². The third kappa shape index (κ3) is 4.24. The second-order valence-corrected chi connectivity index (χ2v) is 5.91. The molecule has 2 N–H and O–H groups in total. The number of H-pyrrole nitrogens is 1. The molecule has 0 radical (unpaired) electrons. The number of carbonyl (C=O) groups excluding carboxylic acids is 1. The van der Waals surface area contributed by atoms with E-state index in [0.717, 1.165) is 17.7 Å². The van der Waals surface area contributed by atoms with Crippen LogP contribution in [-0.4, -0.2) is 33.6 Å². The van der Waals surface area contributed by atoms with Crippen LogP contribution in [0.25, 0.3) is 0 Å². The van der Waals surface area contributed by atoms with Gasteiger partial charge in [-0.3, -0.25) is 4.79 Å². The number of aryl methyl sites for hydroxylation is 1. The van der Waals surface area contributed by atoms with Crippen LogP contribution in [0.4, 0.5) is 5.69 Å². The molecule has 1 aromatic heterocycles. The molecule has 7 nitrogen and oxygen atoms in total. The number of aromatic amines is 1. The molecule has 3 rings (SSSR count). The number of hydrogen-bond acceptors (Lipinski definition) is 5. The molecular weight excluding hydrogens is 330 g/mol. The zero-order valence-electron chi connectivity index (χ0n) is 14.8. The molecule has 1 atom stereocenters. The maximum Gasteiger partial charge on any atom is 0.235 e. The molecule has 0 saturated carbocycles. The smallest absolute Gasteiger partial charge is 0.235 e. The molecular formula is C19H21N5O2. The predicted molar refractivity (Wildman–Crippen MR) is 98.1 cm³/mol. The average Bonchev–Trinajstić information content (AvgIpc) is 3.21. The monoisotopic (exact) mass is 351 g/mol. The molecule has 1 heterocycles. The normalized spacial score (nSPS) is 11.8. The number of benzene rings is 2. The van der Waals surface area contributed by atoms with Crippen LogP contribution in [0.15, 0.2) is 48.5 Å². The molecule has 0 saturated heterocycles. The summed E-state index contributed by atoms with van der Waals surface area (Å²) in [6, 6.07) is 15.4. The van der Waals surface area contributed by atoms with E-state index in [1.165, 1.54) is 5.56 Å². The lowest BCUT2D eigenvalue weighted by atomic mass is 9.96. The zero-order chi connectivity index (χ0) is 18.4. The van der Waals surface area contributed by atoms with Crippen LogP contribution in [-0.2, 0) is 17.6 Å². The van der Waals surface area contributed by atoms with Gasteiger partial charge in [0.15, 0.2) is 5.82 Å². The summed E-state index contributed by atoms with van der Waals surface area (Å²) in [6.07, 6.45) is 1.47. The SMILES string of the molecule is CCc1ccc(CC(C(=O)Nc2ccc(OC)cc2)c2nn[nH]n2)cc1. The van der Waals surface area contributed by atoms with Gasteiger partial charge in [0.1, 0.15) is 11.7 Å². The topological polar surface area (TPSA) is 92.8 Å². The molecule has 0 aliphatic heterocycles. The fraction of sp³-hybridized carbons (Fsp3) is 0.263. The van der Waals surface area contributed by atoms with Crippen LogP contribution in [0, 0.1) is 0 Å². The van der Waals surface area contributed by atoms with Gasteiger partial charge in [-0.25, -0.2) is 0 Å². The number of anilines is 1. The molecule has 3 aromatic rings. The Balaban J connectivity index is 1.77. The lowest BCUT2D eigenvalue weighted by molar-refractivity contribution is -0.117. The minimum absolute atomic E-state index is 0.184. The lowest BCUT2D eigenvalue weighted by Crippen LogP contribution is -2.24. The Morgan fingerprint density at radius 3 is 2.38 bits per heavy atom. The zero-order valence-corrected chi connectivity index (χ0v) is 14.8. The van der Waals surface area contributed by atoms with Crippen molar-refractivity contribution >= 4 is 11.6 Å². The maximum absolute atomic E-state index is 12.8. The van der Waals surface area contributed by atoms with E-state index >= 15 is 0 Å². The van der Waals surface area contributed by atoms with Gasteiger partial charge in [0.2, 0.25) is 5.91 Å². The summed E-state index contributed by atoms with van der Waals surface area (Å²) in [5.74, 6) is 0.378. The van der Waals surface area contributed by atoms with Crippen molar-refractivity contribution in [3.8, 4) is 5.75 Å². The van der Waals surface area contributed by atoms with Crippen LogP contribution in [0.5, 0.6) is 5.75 Å². The van der Waals surface area contributed by atoms with Crippen LogP contribution < -0.4 is 10.1 Å². The first-order chi connectivity index (χ1) is 12.7. The highest BCUT2D eigenvalue weighted by atomic mass is 16.5. The van der Waals surface area contributed by atoms with Gasteiger partial charge in [-0.1, -0.05) is 36.4 Å². The van der Waals surface area contributed by atoms with E-state index in [9.17, 15) is 4.79 Å². The first-order valence-electron chi connectivity index (χ1n) is 8.45. The number of amides is 1. The predicted octanol–water partition coefficient (Wildman–Crippen LogP) is 2.74. The van der Waals surface area contributed by atoms with Gasteiger partial charge in [0.05, 0.1) is 7.11 Å². The molecule has 134 valence electrons. The molecule has 0 spiro atoms. The third-order valence-electron chi connectivity index (χ3n) is 4.22. The van der Waals surface area contributed by atoms with E-state index in [1.54, 1.807) is 31.4 Å². The van der Waals surface area contributed by atoms with Gasteiger partial charge in [0.25, 0.3) is 0 Å². The van der Waals surface area contributed by atoms with Gasteiger partial charge in [0, 0.05) is 5.69 Å². The minimum Gasteiger partial charge on any atom is -0.497 e. The molecule has 7 heteroatoms. The molecule has 1 unspecified atom stereocenters. The van der Waals surface area contributed by atoms with E-state index in [4.69, 9.17) is 4.74 Å². The Bertz CT molecular complexity index is 829. The van der Waals surface area contributed by atoms with E-state index in [0.29, 0.717) is 17.9 Å². The summed E-state index contributed by atoms with van der Waals surface area (Å²) in [7, 11) is 1.60. The molecule has 0 aliphatic rings. The summed E-state index contributed by atoms with van der Waals surface area (Å²) in [5, 5.41) is 16.9. The largest absolute Gasteiger partial charge is 0.497 e. The first kappa shape index (κ1) is 17.6. The molecule has 0 fully saturated rings. The number of methoxy groups -OCH3 is 1. The average molecular weight is 351 g/mol. The van der Waals surface area contributed by atoms with E-state index < -0.39 is 5.92 Å². The Morgan fingerprint density at radius 2 is 1.81 bits per heavy atom. The fourth-order valence-corrected chi connectivity index (χ4v) is 2.67. The number of rotatable bonds is 7. The van der Waals surface area contributed by atoms with Crippen molar-refractivity contribution in [2.45, 2.75) is 25.7 Å². The van der Waals surface area contributed by atoms with Crippen molar-refractivity contribution < 1.29 is 9.53 Å². The second kappa shape index (κ2) is 8.24. The fourth-order valence-electron chi connectivity index (χ4n) is 2.67. The van der Waals surface area contributed by atoms with E-state index in [1.807, 2.05) is 12.1 Å². The quantitative estimate of drug-likeness (QED) is 0.683. The molecule has 0 aliphatic carbocycles. The van der Waals surface area contributed by atoms with Crippen LogP contribution in [0.1, 0.15) is 29.8 Å². The highest BCUT2D eigenvalue weighted by Gasteiger charge is 2.25. The number of hydrogen-bond donors (Lipinski definition) is 2. The summed E-state index contributed by atoms with van der Waals surface area (Å²) >= 11 is 0. The van der Waals surface area contributed by atoms with Crippen molar-refractivity contribution in [1.29, 1.82) is 0 Å². The number of tetrazole rings is 1. The first-order valence-corrected chi connectivity index (χ1v) is 8.45. The maximum atomic E-state index is 12.8. The number of nitrogens with one attached hydrogen (secondary N) is 2. The van der Waals surface area contributed by atoms with Gasteiger partial charge < -0.3 is 10.1 Å². The number of ether oxygens (including phenoxy) is 1. The Morgan fingerprint density at radius 1 is 1.12 bits per heavy atom. The van der Waals surface area contributed by atoms with Crippen molar-refractivity contribution in [2.75, 3.05) is 12.4 Å². The van der Waals surface area contributed by atoms with Crippen LogP contribution >= 0.6 is 0 Å². The van der Waals surface area contributed by atoms with Crippen molar-refractivity contribution in [1.82, 2.24) is 20.6 Å². The second-order valence-electron chi connectivity index (χ2n) is 5.91. The number of aromatic nitrogens is 4. The van der Waals surface area contributed by atoms with Gasteiger partial charge in [-0.2, -0.15) is 5.21 Å². The Labute approximate surface area is 151 Å². The third-order valence-corrected chi connectivity index (χ3v) is 4.22. The van der Waals surface area contributed by atoms with E-state index in [-0.39, 0.29) is 5.91 Å². The van der Waals surface area contributed by atoms with Crippen molar-refractivity contribution in [2.24, 2.45) is 0 Å². The molecule has 1 amide bonds. The Kier molecular flexibility index (Phi) is 5.58. The number of carbonyl (C=O) groups is 1. The summed E-state index contributed by atoms with van der Waals surface area (Å²) in [5.41, 5.74) is 2.99. The van der Waals surface area contributed by atoms with Crippen LogP contribution in [0.2, 0.25) is 0 Å². The van der Waals surface area contributed by atoms with Gasteiger partial charge >= 0.3 is 0 Å². The highest BCUT2D eigenvalue weighted by molar-refractivity contribution is 5.95. The molecule has 26 heavy (non-hydrogen) atoms. The molecule has 2 aromatic carbocycles. The van der Waals surface area contributed by atoms with Crippen molar-refractivity contribution in [3.63, 3.8) is 0 Å². The Hall–Kier alpha value is -3.22. The summed E-state index contributed by atoms with van der Waals surface area (Å²) < 4.78 is 5.13. The minimum atomic E-state index is -0.539. The standard InChI is InChI=1S/C19H21N5O2/c1-3-13-4-6-14(7-5-13)12-17(18-21-23-24-22-18)19(25)20-15-8-10-16(26-2)11-9-15/h4-11,17H,3,12H2,1-2H3,(H,20,25)(H,21,22,23,24). The summed E-state index contributed by atoms with van der Waals surface area (Å²) in [6.45, 7) is 2.11. The number of nitrogens with zero attached hydrogens (tertiary/aromatic N) is 3. The van der Waals surface area contributed by atoms with Crippen molar-refractivity contribution in [3.05, 3.63) is 65.5 Å². The van der Waals surface area contributed by atoms with Gasteiger partial charge in [-0.15, -0.1) is 10.2 Å². The van der Waals surface area contributed by atoms with E-state index in [2.05, 4.69) is 45.0 Å². The van der Waals surface area contributed by atoms with Gasteiger partial charge in [-0.05, 0) is 48.2 Å².